The summed E-state index contributed by atoms with van der Waals surface area (Å²) >= 11 is 1.38. The number of amides is 1. The number of carbonyl (C=O) groups excluding carboxylic acids is 1. The van der Waals surface area contributed by atoms with Crippen LogP contribution in [0.25, 0.3) is 5.70 Å². The first-order valence-corrected chi connectivity index (χ1v) is 7.94. The first kappa shape index (κ1) is 13.1. The first-order chi connectivity index (χ1) is 10.8. The number of nitrogens with zero attached hydrogens (tertiary/aromatic N) is 3. The van der Waals surface area contributed by atoms with Crippen LogP contribution in [0, 0.1) is 0 Å². The second-order valence-corrected chi connectivity index (χ2v) is 5.59. The number of carbonyl (C=O) groups is 1. The lowest BCUT2D eigenvalue weighted by Crippen LogP contribution is -2.50. The largest absolute Gasteiger partial charge is 0.465 e. The Balaban J connectivity index is 2.01. The van der Waals surface area contributed by atoms with Crippen molar-refractivity contribution in [2.75, 3.05) is 6.26 Å². The van der Waals surface area contributed by atoms with Gasteiger partial charge in [0.15, 0.2) is 5.17 Å². The number of amidine groups is 1. The molecule has 1 N–H and O–H groups in total. The molecule has 2 aromatic rings. The van der Waals surface area contributed by atoms with Gasteiger partial charge in [0.05, 0.1) is 11.6 Å². The molecule has 22 heavy (non-hydrogen) atoms. The third-order valence-electron chi connectivity index (χ3n) is 3.51. The highest BCUT2D eigenvalue weighted by atomic mass is 32.2. The lowest BCUT2D eigenvalue weighted by molar-refractivity contribution is -0.116. The van der Waals surface area contributed by atoms with Gasteiger partial charge >= 0.3 is 0 Å². The number of hydrogen-bond acceptors (Lipinski definition) is 6. The van der Waals surface area contributed by atoms with Crippen molar-refractivity contribution >= 4 is 28.5 Å². The van der Waals surface area contributed by atoms with Crippen LogP contribution < -0.4 is 15.9 Å². The Kier molecular flexibility index (Phi) is 3.00. The van der Waals surface area contributed by atoms with Crippen molar-refractivity contribution in [1.82, 2.24) is 10.3 Å². The maximum atomic E-state index is 12.5. The summed E-state index contributed by atoms with van der Waals surface area (Å²) in [6, 6.07) is 11.2. The summed E-state index contributed by atoms with van der Waals surface area (Å²) in [5, 5.41) is 11.0. The van der Waals surface area contributed by atoms with Crippen molar-refractivity contribution in [2.24, 2.45) is 10.1 Å². The van der Waals surface area contributed by atoms with Gasteiger partial charge < -0.3 is 4.42 Å². The molecule has 1 unspecified atom stereocenters. The molecule has 0 bridgehead atoms. The third-order valence-corrected chi connectivity index (χ3v) is 4.08. The summed E-state index contributed by atoms with van der Waals surface area (Å²) in [5.41, 5.74) is 0.491. The van der Waals surface area contributed by atoms with Crippen LogP contribution in [-0.2, 0) is 4.79 Å². The van der Waals surface area contributed by atoms with E-state index in [1.54, 1.807) is 17.3 Å². The second-order valence-electron chi connectivity index (χ2n) is 4.79. The Morgan fingerprint density at radius 1 is 1.27 bits per heavy atom. The minimum Gasteiger partial charge on any atom is -0.465 e. The van der Waals surface area contributed by atoms with Crippen molar-refractivity contribution < 1.29 is 9.21 Å². The molecule has 0 saturated heterocycles. The number of para-hydroxylation sites is 1. The van der Waals surface area contributed by atoms with Gasteiger partial charge in [0.1, 0.15) is 11.5 Å². The highest BCUT2D eigenvalue weighted by Gasteiger charge is 2.35. The number of nitrogens with one attached hydrogen (secondary N) is 1. The SMILES string of the molecule is CSC1=NN2C(=c3ccccc3=NC2c2ccco2)C(=O)N1. The number of hydrazone groups is 1. The summed E-state index contributed by atoms with van der Waals surface area (Å²) < 4.78 is 5.48. The topological polar surface area (TPSA) is 70.2 Å². The van der Waals surface area contributed by atoms with Gasteiger partial charge in [-0.25, -0.2) is 10.0 Å². The van der Waals surface area contributed by atoms with Crippen LogP contribution in [0.3, 0.4) is 0 Å². The first-order valence-electron chi connectivity index (χ1n) is 6.71. The van der Waals surface area contributed by atoms with E-state index in [0.717, 1.165) is 10.6 Å². The van der Waals surface area contributed by atoms with Gasteiger partial charge in [-0.1, -0.05) is 30.0 Å². The molecule has 2 aliphatic heterocycles. The monoisotopic (exact) mass is 312 g/mol. The molecular weight excluding hydrogens is 300 g/mol. The normalized spacial score (nSPS) is 19.8. The number of thioether (sulfide) groups is 1. The molecule has 0 spiro atoms. The van der Waals surface area contributed by atoms with E-state index in [4.69, 9.17) is 9.41 Å². The third kappa shape index (κ3) is 1.93. The summed E-state index contributed by atoms with van der Waals surface area (Å²) in [6.45, 7) is 0. The van der Waals surface area contributed by atoms with Crippen LogP contribution in [0.5, 0.6) is 0 Å². The van der Waals surface area contributed by atoms with Crippen LogP contribution in [0.15, 0.2) is 57.2 Å². The quantitative estimate of drug-likeness (QED) is 0.845. The highest BCUT2D eigenvalue weighted by Crippen LogP contribution is 2.30. The van der Waals surface area contributed by atoms with E-state index in [1.807, 2.05) is 36.6 Å². The van der Waals surface area contributed by atoms with Crippen molar-refractivity contribution in [3.05, 3.63) is 59.0 Å². The van der Waals surface area contributed by atoms with Crippen LogP contribution >= 0.6 is 11.8 Å². The molecule has 7 heteroatoms. The zero-order valence-electron chi connectivity index (χ0n) is 11.7. The van der Waals surface area contributed by atoms with Crippen LogP contribution in [0.1, 0.15) is 11.9 Å². The van der Waals surface area contributed by atoms with E-state index in [9.17, 15) is 4.79 Å². The average molecular weight is 312 g/mol. The number of furan rings is 1. The molecule has 0 aliphatic carbocycles. The fraction of sp³-hybridized carbons (Fsp3) is 0.133. The highest BCUT2D eigenvalue weighted by molar-refractivity contribution is 8.13. The Bertz CT molecular complexity index is 889. The molecule has 110 valence electrons. The lowest BCUT2D eigenvalue weighted by atomic mass is 10.1. The molecule has 1 aromatic carbocycles. The van der Waals surface area contributed by atoms with Gasteiger partial charge in [0.2, 0.25) is 6.17 Å². The molecule has 1 atom stereocenters. The van der Waals surface area contributed by atoms with E-state index in [1.165, 1.54) is 11.8 Å². The van der Waals surface area contributed by atoms with Gasteiger partial charge in [0, 0.05) is 5.22 Å². The smallest absolute Gasteiger partial charge is 0.276 e. The molecule has 0 radical (unpaired) electrons. The van der Waals surface area contributed by atoms with Crippen LogP contribution in [-0.4, -0.2) is 22.3 Å². The van der Waals surface area contributed by atoms with E-state index < -0.39 is 6.17 Å². The van der Waals surface area contributed by atoms with Gasteiger partial charge in [-0.2, -0.15) is 0 Å². The summed E-state index contributed by atoms with van der Waals surface area (Å²) in [6.07, 6.45) is 2.98. The summed E-state index contributed by atoms with van der Waals surface area (Å²) in [4.78, 5) is 17.2. The van der Waals surface area contributed by atoms with Gasteiger partial charge in [-0.3, -0.25) is 10.1 Å². The van der Waals surface area contributed by atoms with Crippen LogP contribution in [0.4, 0.5) is 0 Å². The fourth-order valence-electron chi connectivity index (χ4n) is 2.54. The molecule has 4 rings (SSSR count). The molecular formula is C15H12N4O2S. The summed E-state index contributed by atoms with van der Waals surface area (Å²) in [5.74, 6) is 0.462. The van der Waals surface area contributed by atoms with Crippen molar-refractivity contribution in [3.8, 4) is 0 Å². The average Bonchev–Trinajstić information content (AvgIpc) is 3.07. The number of hydrogen-bond donors (Lipinski definition) is 1. The van der Waals surface area contributed by atoms with Crippen LogP contribution in [0.2, 0.25) is 0 Å². The lowest BCUT2D eigenvalue weighted by Gasteiger charge is -2.32. The van der Waals surface area contributed by atoms with Crippen molar-refractivity contribution in [1.29, 1.82) is 0 Å². The van der Waals surface area contributed by atoms with E-state index in [2.05, 4.69) is 10.4 Å². The minimum absolute atomic E-state index is 0.182. The predicted octanol–water partition coefficient (Wildman–Crippen LogP) is 0.786. The van der Waals surface area contributed by atoms with E-state index >= 15 is 0 Å². The Morgan fingerprint density at radius 3 is 2.91 bits per heavy atom. The Labute approximate surface area is 130 Å². The molecule has 3 heterocycles. The maximum absolute atomic E-state index is 12.5. The molecule has 2 aliphatic rings. The molecule has 0 saturated carbocycles. The molecule has 0 fully saturated rings. The number of fused-ring (bicyclic) bond motifs is 2. The Morgan fingerprint density at radius 2 is 2.14 bits per heavy atom. The van der Waals surface area contributed by atoms with Gasteiger partial charge in [-0.05, 0) is 24.5 Å². The Hall–Kier alpha value is -2.54. The van der Waals surface area contributed by atoms with Gasteiger partial charge in [0.25, 0.3) is 5.91 Å². The fourth-order valence-corrected chi connectivity index (χ4v) is 2.91. The molecule has 1 aromatic heterocycles. The zero-order valence-corrected chi connectivity index (χ0v) is 12.5. The maximum Gasteiger partial charge on any atom is 0.276 e. The second kappa shape index (κ2) is 5.03. The summed E-state index contributed by atoms with van der Waals surface area (Å²) in [7, 11) is 0. The zero-order chi connectivity index (χ0) is 15.1. The van der Waals surface area contributed by atoms with Gasteiger partial charge in [-0.15, -0.1) is 5.10 Å². The predicted molar refractivity (Wildman–Crippen MR) is 83.0 cm³/mol. The molecule has 1 amide bonds. The standard InChI is InChI=1S/C15H12N4O2S/c1-22-15-17-14(20)12-9-5-2-3-6-10(9)16-13(19(12)18-15)11-7-4-8-21-11/h2-8,13H,1H3,(H,17,18,20). The molecule has 6 nitrogen and oxygen atoms in total. The van der Waals surface area contributed by atoms with Crippen molar-refractivity contribution in [2.45, 2.75) is 6.17 Å². The number of benzene rings is 1. The van der Waals surface area contributed by atoms with E-state index in [0.29, 0.717) is 16.6 Å². The van der Waals surface area contributed by atoms with Crippen molar-refractivity contribution in [3.63, 3.8) is 0 Å². The number of rotatable bonds is 1. The van der Waals surface area contributed by atoms with E-state index in [-0.39, 0.29) is 5.91 Å². The minimum atomic E-state index is -0.479.